The lowest BCUT2D eigenvalue weighted by Crippen LogP contribution is -1.99. The fraction of sp³-hybridized carbons (Fsp3) is 0.105. The Morgan fingerprint density at radius 1 is 0.960 bits per heavy atom. The van der Waals surface area contributed by atoms with Crippen LogP contribution in [0.4, 0.5) is 11.5 Å². The maximum Gasteiger partial charge on any atom is 0.170 e. The normalized spacial score (nSPS) is 11.0. The highest BCUT2D eigenvalue weighted by Gasteiger charge is 2.12. The van der Waals surface area contributed by atoms with Gasteiger partial charge in [0.15, 0.2) is 17.0 Å². The molecule has 0 radical (unpaired) electrons. The second-order valence-electron chi connectivity index (χ2n) is 5.93. The van der Waals surface area contributed by atoms with Crippen molar-refractivity contribution in [3.05, 3.63) is 71.3 Å². The smallest absolute Gasteiger partial charge is 0.170 e. The Morgan fingerprint density at radius 3 is 2.52 bits per heavy atom. The number of nitrogens with one attached hydrogen (secondary N) is 1. The molecule has 0 fully saturated rings. The quantitative estimate of drug-likeness (QED) is 0.575. The lowest BCUT2D eigenvalue weighted by molar-refractivity contribution is 1.04. The van der Waals surface area contributed by atoms with Crippen LogP contribution < -0.4 is 5.32 Å². The van der Waals surface area contributed by atoms with Crippen molar-refractivity contribution in [3.8, 4) is 5.69 Å². The highest BCUT2D eigenvalue weighted by molar-refractivity contribution is 6.30. The molecule has 0 aliphatic rings. The van der Waals surface area contributed by atoms with E-state index in [0.29, 0.717) is 10.8 Å². The Balaban J connectivity index is 1.79. The molecule has 2 aromatic carbocycles. The van der Waals surface area contributed by atoms with E-state index in [1.807, 2.05) is 28.8 Å². The summed E-state index contributed by atoms with van der Waals surface area (Å²) >= 11 is 5.94. The maximum atomic E-state index is 5.94. The molecule has 5 nitrogen and oxygen atoms in total. The molecule has 6 heteroatoms. The zero-order valence-corrected chi connectivity index (χ0v) is 14.6. The molecular weight excluding hydrogens is 334 g/mol. The zero-order valence-electron chi connectivity index (χ0n) is 13.9. The molecule has 0 aliphatic heterocycles. The molecule has 0 unspecified atom stereocenters. The van der Waals surface area contributed by atoms with Gasteiger partial charge in [0.2, 0.25) is 0 Å². The van der Waals surface area contributed by atoms with Crippen molar-refractivity contribution in [3.63, 3.8) is 0 Å². The molecule has 2 aromatic heterocycles. The second kappa shape index (κ2) is 6.18. The van der Waals surface area contributed by atoms with E-state index < -0.39 is 0 Å². The highest BCUT2D eigenvalue weighted by atomic mass is 35.5. The van der Waals surface area contributed by atoms with Crippen molar-refractivity contribution in [2.45, 2.75) is 13.8 Å². The molecule has 0 bridgehead atoms. The van der Waals surface area contributed by atoms with Crippen LogP contribution in [0.2, 0.25) is 5.02 Å². The lowest BCUT2D eigenvalue weighted by Gasteiger charge is -2.09. The molecule has 0 saturated heterocycles. The molecule has 0 spiro atoms. The van der Waals surface area contributed by atoms with E-state index in [0.717, 1.165) is 22.5 Å². The third kappa shape index (κ3) is 2.94. The van der Waals surface area contributed by atoms with Crippen LogP contribution in [0.15, 0.2) is 55.1 Å². The predicted octanol–water partition coefficient (Wildman–Crippen LogP) is 4.83. The van der Waals surface area contributed by atoms with Crippen molar-refractivity contribution in [2.24, 2.45) is 0 Å². The Morgan fingerprint density at radius 2 is 1.76 bits per heavy atom. The molecule has 124 valence electrons. The maximum absolute atomic E-state index is 5.94. The summed E-state index contributed by atoms with van der Waals surface area (Å²) in [6.07, 6.45) is 3.33. The summed E-state index contributed by atoms with van der Waals surface area (Å²) < 4.78 is 1.98. The van der Waals surface area contributed by atoms with Crippen molar-refractivity contribution in [2.75, 3.05) is 5.32 Å². The van der Waals surface area contributed by atoms with Gasteiger partial charge in [-0.15, -0.1) is 0 Å². The average molecular weight is 350 g/mol. The summed E-state index contributed by atoms with van der Waals surface area (Å²) in [5.41, 5.74) is 5.83. The van der Waals surface area contributed by atoms with Gasteiger partial charge in [0, 0.05) is 10.7 Å². The van der Waals surface area contributed by atoms with E-state index in [1.165, 1.54) is 11.1 Å². The summed E-state index contributed by atoms with van der Waals surface area (Å²) in [5.74, 6) is 0.663. The minimum absolute atomic E-state index is 0.663. The molecular formula is C19H16ClN5. The fourth-order valence-corrected chi connectivity index (χ4v) is 2.97. The number of hydrogen-bond acceptors (Lipinski definition) is 4. The van der Waals surface area contributed by atoms with Crippen LogP contribution in [0.5, 0.6) is 0 Å². The number of aromatic nitrogens is 4. The van der Waals surface area contributed by atoms with E-state index in [1.54, 1.807) is 12.7 Å². The van der Waals surface area contributed by atoms with Crippen molar-refractivity contribution >= 4 is 34.3 Å². The van der Waals surface area contributed by atoms with Gasteiger partial charge in [0.05, 0.1) is 5.69 Å². The summed E-state index contributed by atoms with van der Waals surface area (Å²) in [7, 11) is 0. The average Bonchev–Trinajstić information content (AvgIpc) is 3.02. The number of aryl methyl sites for hydroxylation is 2. The first kappa shape index (κ1) is 15.6. The van der Waals surface area contributed by atoms with Crippen LogP contribution in [-0.2, 0) is 0 Å². The zero-order chi connectivity index (χ0) is 17.4. The summed E-state index contributed by atoms with van der Waals surface area (Å²) in [6.45, 7) is 4.17. The topological polar surface area (TPSA) is 55.6 Å². The van der Waals surface area contributed by atoms with Crippen molar-refractivity contribution in [1.82, 2.24) is 19.5 Å². The first-order valence-corrected chi connectivity index (χ1v) is 8.28. The predicted molar refractivity (Wildman–Crippen MR) is 101 cm³/mol. The number of benzene rings is 2. The van der Waals surface area contributed by atoms with Crippen LogP contribution in [0.1, 0.15) is 11.1 Å². The van der Waals surface area contributed by atoms with Crippen molar-refractivity contribution in [1.29, 1.82) is 0 Å². The number of fused-ring (bicyclic) bond motifs is 1. The van der Waals surface area contributed by atoms with Gasteiger partial charge in [-0.25, -0.2) is 15.0 Å². The van der Waals surface area contributed by atoms with Gasteiger partial charge >= 0.3 is 0 Å². The number of hydrogen-bond donors (Lipinski definition) is 1. The van der Waals surface area contributed by atoms with E-state index in [-0.39, 0.29) is 0 Å². The number of rotatable bonds is 3. The number of nitrogens with zero attached hydrogens (tertiary/aromatic N) is 4. The largest absolute Gasteiger partial charge is 0.338 e. The Hall–Kier alpha value is -2.92. The van der Waals surface area contributed by atoms with Gasteiger partial charge in [-0.2, -0.15) is 0 Å². The third-order valence-corrected chi connectivity index (χ3v) is 4.30. The molecule has 0 atom stereocenters. The van der Waals surface area contributed by atoms with Crippen LogP contribution in [0.3, 0.4) is 0 Å². The highest BCUT2D eigenvalue weighted by Crippen LogP contribution is 2.25. The first-order chi connectivity index (χ1) is 12.1. The molecule has 0 saturated carbocycles. The van der Waals surface area contributed by atoms with Crippen LogP contribution in [0.25, 0.3) is 16.9 Å². The Bertz CT molecular complexity index is 1050. The van der Waals surface area contributed by atoms with Crippen LogP contribution in [0, 0.1) is 13.8 Å². The summed E-state index contributed by atoms with van der Waals surface area (Å²) in [4.78, 5) is 13.3. The molecule has 4 rings (SSSR count). The van der Waals surface area contributed by atoms with Gasteiger partial charge in [-0.3, -0.25) is 4.57 Å². The second-order valence-corrected chi connectivity index (χ2v) is 6.37. The number of halogens is 1. The number of imidazole rings is 1. The summed E-state index contributed by atoms with van der Waals surface area (Å²) in [5, 5.41) is 3.97. The standard InChI is InChI=1S/C19H16ClN5/c1-12-3-8-16(13(2)9-12)25-11-23-17-18(21-10-22-19(17)25)24-15-6-4-14(20)5-7-15/h3-11H,1-2H3,(H,21,22,24). The Labute approximate surface area is 150 Å². The monoisotopic (exact) mass is 349 g/mol. The first-order valence-electron chi connectivity index (χ1n) is 7.90. The van der Waals surface area contributed by atoms with E-state index in [2.05, 4.69) is 52.3 Å². The molecule has 1 N–H and O–H groups in total. The summed E-state index contributed by atoms with van der Waals surface area (Å²) in [6, 6.07) is 13.8. The van der Waals surface area contributed by atoms with Crippen LogP contribution >= 0.6 is 11.6 Å². The third-order valence-electron chi connectivity index (χ3n) is 4.05. The fourth-order valence-electron chi connectivity index (χ4n) is 2.85. The molecule has 4 aromatic rings. The molecule has 25 heavy (non-hydrogen) atoms. The van der Waals surface area contributed by atoms with Gasteiger partial charge in [0.1, 0.15) is 12.7 Å². The SMILES string of the molecule is Cc1ccc(-n2cnc3c(Nc4ccc(Cl)cc4)ncnc32)c(C)c1. The number of anilines is 2. The van der Waals surface area contributed by atoms with Crippen molar-refractivity contribution < 1.29 is 0 Å². The van der Waals surface area contributed by atoms with E-state index in [9.17, 15) is 0 Å². The van der Waals surface area contributed by atoms with E-state index >= 15 is 0 Å². The van der Waals surface area contributed by atoms with Gasteiger partial charge < -0.3 is 5.32 Å². The molecule has 2 heterocycles. The molecule has 0 aliphatic carbocycles. The van der Waals surface area contributed by atoms with Gasteiger partial charge in [-0.1, -0.05) is 29.3 Å². The minimum Gasteiger partial charge on any atom is -0.338 e. The Kier molecular flexibility index (Phi) is 3.86. The van der Waals surface area contributed by atoms with Gasteiger partial charge in [-0.05, 0) is 49.7 Å². The minimum atomic E-state index is 0.663. The van der Waals surface area contributed by atoms with Gasteiger partial charge in [0.25, 0.3) is 0 Å². The van der Waals surface area contributed by atoms with Crippen LogP contribution in [-0.4, -0.2) is 19.5 Å². The van der Waals surface area contributed by atoms with E-state index in [4.69, 9.17) is 11.6 Å². The lowest BCUT2D eigenvalue weighted by atomic mass is 10.1. The molecule has 0 amide bonds.